The van der Waals surface area contributed by atoms with Crippen molar-refractivity contribution in [2.45, 2.75) is 19.4 Å². The van der Waals surface area contributed by atoms with Crippen LogP contribution in [0.5, 0.6) is 11.5 Å². The first-order valence-corrected chi connectivity index (χ1v) is 6.89. The number of nitro groups is 1. The minimum atomic E-state index is -0.607. The zero-order chi connectivity index (χ0) is 17.2. The number of hydrogen-bond acceptors (Lipinski definition) is 7. The Balaban J connectivity index is 2.68. The van der Waals surface area contributed by atoms with Crippen LogP contribution in [0.4, 0.5) is 5.69 Å². The molecule has 0 aliphatic heterocycles. The van der Waals surface area contributed by atoms with Crippen LogP contribution >= 0.6 is 0 Å². The van der Waals surface area contributed by atoms with Crippen LogP contribution in [-0.4, -0.2) is 36.3 Å². The summed E-state index contributed by atoms with van der Waals surface area (Å²) in [5, 5.41) is 20.1. The molecule has 0 aliphatic carbocycles. The summed E-state index contributed by atoms with van der Waals surface area (Å²) in [5.74, 6) is 0.0758. The fourth-order valence-electron chi connectivity index (χ4n) is 1.78. The van der Waals surface area contributed by atoms with Crippen LogP contribution in [-0.2, 0) is 16.1 Å². The smallest absolute Gasteiger partial charge is 0.306 e. The lowest BCUT2D eigenvalue weighted by atomic mass is 10.1. The Bertz CT molecular complexity index is 571. The van der Waals surface area contributed by atoms with E-state index in [-0.39, 0.29) is 48.4 Å². The van der Waals surface area contributed by atoms with Crippen molar-refractivity contribution in [3.05, 3.63) is 40.5 Å². The number of ether oxygens (including phenoxy) is 3. The number of aliphatic hydroxyl groups excluding tert-OH is 1. The van der Waals surface area contributed by atoms with Gasteiger partial charge in [0.05, 0.1) is 36.9 Å². The maximum absolute atomic E-state index is 11.3. The molecule has 1 aromatic rings. The molecule has 8 heteroatoms. The van der Waals surface area contributed by atoms with Crippen LogP contribution in [0.15, 0.2) is 24.8 Å². The fourth-order valence-corrected chi connectivity index (χ4v) is 1.78. The van der Waals surface area contributed by atoms with Gasteiger partial charge in [0.1, 0.15) is 6.61 Å². The van der Waals surface area contributed by atoms with Crippen LogP contribution in [0, 0.1) is 10.1 Å². The molecule has 0 spiro atoms. The Labute approximate surface area is 133 Å². The highest BCUT2D eigenvalue weighted by atomic mass is 16.6. The highest BCUT2D eigenvalue weighted by molar-refractivity contribution is 5.69. The Hall–Kier alpha value is -2.61. The molecule has 0 fully saturated rings. The molecule has 126 valence electrons. The van der Waals surface area contributed by atoms with Gasteiger partial charge in [0.25, 0.3) is 5.69 Å². The third kappa shape index (κ3) is 5.59. The molecule has 8 nitrogen and oxygen atoms in total. The van der Waals surface area contributed by atoms with Gasteiger partial charge in [-0.25, -0.2) is 0 Å². The molecular formula is C15H19NO7. The van der Waals surface area contributed by atoms with E-state index in [0.29, 0.717) is 6.42 Å². The largest absolute Gasteiger partial charge is 0.493 e. The lowest BCUT2D eigenvalue weighted by Crippen LogP contribution is -2.08. The van der Waals surface area contributed by atoms with Crippen LogP contribution in [0.1, 0.15) is 18.4 Å². The molecule has 1 N–H and O–H groups in total. The second-order valence-corrected chi connectivity index (χ2v) is 4.47. The van der Waals surface area contributed by atoms with Crippen molar-refractivity contribution >= 4 is 11.7 Å². The average Bonchev–Trinajstić information content (AvgIpc) is 2.55. The zero-order valence-corrected chi connectivity index (χ0v) is 12.8. The molecule has 1 aromatic carbocycles. The van der Waals surface area contributed by atoms with Gasteiger partial charge in [-0.3, -0.25) is 14.9 Å². The third-order valence-electron chi connectivity index (χ3n) is 2.88. The third-order valence-corrected chi connectivity index (χ3v) is 2.88. The molecule has 0 aromatic heterocycles. The summed E-state index contributed by atoms with van der Waals surface area (Å²) in [6.07, 6.45) is 2.02. The van der Waals surface area contributed by atoms with Gasteiger partial charge in [0, 0.05) is 6.42 Å². The van der Waals surface area contributed by atoms with E-state index in [2.05, 4.69) is 6.58 Å². The van der Waals surface area contributed by atoms with E-state index in [0.717, 1.165) is 0 Å². The highest BCUT2D eigenvalue weighted by Crippen LogP contribution is 2.34. The molecule has 0 atom stereocenters. The maximum atomic E-state index is 11.3. The van der Waals surface area contributed by atoms with E-state index in [4.69, 9.17) is 19.3 Å². The van der Waals surface area contributed by atoms with Gasteiger partial charge < -0.3 is 19.3 Å². The average molecular weight is 325 g/mol. The van der Waals surface area contributed by atoms with Crippen LogP contribution in [0.2, 0.25) is 0 Å². The SMILES string of the molecule is C=CCOC(=O)CCCOc1cc([N+](=O)[O-])c(CO)cc1OC. The number of carbonyl (C=O) groups excluding carboxylic acids is 1. The van der Waals surface area contributed by atoms with Gasteiger partial charge in [-0.2, -0.15) is 0 Å². The molecule has 1 rings (SSSR count). The monoisotopic (exact) mass is 325 g/mol. The maximum Gasteiger partial charge on any atom is 0.306 e. The van der Waals surface area contributed by atoms with Crippen molar-refractivity contribution in [2.24, 2.45) is 0 Å². The van der Waals surface area contributed by atoms with Gasteiger partial charge in [-0.1, -0.05) is 12.7 Å². The number of nitrogens with zero attached hydrogens (tertiary/aromatic N) is 1. The van der Waals surface area contributed by atoms with Crippen molar-refractivity contribution in [1.29, 1.82) is 0 Å². The predicted molar refractivity (Wildman–Crippen MR) is 81.5 cm³/mol. The van der Waals surface area contributed by atoms with Gasteiger partial charge in [0.15, 0.2) is 11.5 Å². The van der Waals surface area contributed by atoms with E-state index in [9.17, 15) is 14.9 Å². The molecule has 0 bridgehead atoms. The van der Waals surface area contributed by atoms with Crippen molar-refractivity contribution in [3.8, 4) is 11.5 Å². The number of nitro benzene ring substituents is 1. The molecular weight excluding hydrogens is 306 g/mol. The fraction of sp³-hybridized carbons (Fsp3) is 0.400. The van der Waals surface area contributed by atoms with Gasteiger partial charge in [-0.15, -0.1) is 0 Å². The first kappa shape index (κ1) is 18.4. The van der Waals surface area contributed by atoms with Gasteiger partial charge in [0.2, 0.25) is 0 Å². The minimum Gasteiger partial charge on any atom is -0.493 e. The van der Waals surface area contributed by atoms with Crippen molar-refractivity contribution in [3.63, 3.8) is 0 Å². The van der Waals surface area contributed by atoms with E-state index < -0.39 is 11.5 Å². The summed E-state index contributed by atoms with van der Waals surface area (Å²) in [7, 11) is 1.39. The minimum absolute atomic E-state index is 0.132. The Kier molecular flexibility index (Phi) is 7.55. The molecule has 0 saturated heterocycles. The normalized spacial score (nSPS) is 10.0. The molecule has 0 aliphatic rings. The standard InChI is InChI=1S/C15H19NO7/c1-3-6-23-15(18)5-4-7-22-14-9-12(16(19)20)11(10-17)8-13(14)21-2/h3,8-9,17H,1,4-7,10H2,2H3. The molecule has 0 heterocycles. The number of methoxy groups -OCH3 is 1. The van der Waals surface area contributed by atoms with E-state index >= 15 is 0 Å². The number of hydrogen-bond donors (Lipinski definition) is 1. The summed E-state index contributed by atoms with van der Waals surface area (Å²) >= 11 is 0. The Morgan fingerprint density at radius 1 is 1.43 bits per heavy atom. The lowest BCUT2D eigenvalue weighted by Gasteiger charge is -2.12. The summed E-state index contributed by atoms with van der Waals surface area (Å²) < 4.78 is 15.3. The Morgan fingerprint density at radius 3 is 2.74 bits per heavy atom. The number of aliphatic hydroxyl groups is 1. The topological polar surface area (TPSA) is 108 Å². The quantitative estimate of drug-likeness (QED) is 0.230. The van der Waals surface area contributed by atoms with E-state index in [1.807, 2.05) is 0 Å². The van der Waals surface area contributed by atoms with Crippen molar-refractivity contribution in [2.75, 3.05) is 20.3 Å². The van der Waals surface area contributed by atoms with Crippen LogP contribution < -0.4 is 9.47 Å². The molecule has 0 amide bonds. The molecule has 0 radical (unpaired) electrons. The van der Waals surface area contributed by atoms with Gasteiger partial charge in [-0.05, 0) is 12.5 Å². The Morgan fingerprint density at radius 2 is 2.17 bits per heavy atom. The van der Waals surface area contributed by atoms with Crippen LogP contribution in [0.25, 0.3) is 0 Å². The van der Waals surface area contributed by atoms with Crippen molar-refractivity contribution in [1.82, 2.24) is 0 Å². The molecule has 0 unspecified atom stereocenters. The van der Waals surface area contributed by atoms with E-state index in [1.165, 1.54) is 25.3 Å². The van der Waals surface area contributed by atoms with Crippen molar-refractivity contribution < 1.29 is 29.0 Å². The number of carbonyl (C=O) groups is 1. The molecule has 23 heavy (non-hydrogen) atoms. The van der Waals surface area contributed by atoms with E-state index in [1.54, 1.807) is 0 Å². The predicted octanol–water partition coefficient (Wildman–Crippen LogP) is 1.98. The molecule has 0 saturated carbocycles. The summed E-state index contributed by atoms with van der Waals surface area (Å²) in [5.41, 5.74) is -0.124. The summed E-state index contributed by atoms with van der Waals surface area (Å²) in [4.78, 5) is 21.7. The first-order chi connectivity index (χ1) is 11.0. The summed E-state index contributed by atoms with van der Waals surface area (Å²) in [6, 6.07) is 2.55. The first-order valence-electron chi connectivity index (χ1n) is 6.89. The summed E-state index contributed by atoms with van der Waals surface area (Å²) in [6.45, 7) is 3.27. The highest BCUT2D eigenvalue weighted by Gasteiger charge is 2.19. The number of esters is 1. The zero-order valence-electron chi connectivity index (χ0n) is 12.8. The second kappa shape index (κ2) is 9.42. The lowest BCUT2D eigenvalue weighted by molar-refractivity contribution is -0.385. The van der Waals surface area contributed by atoms with Gasteiger partial charge >= 0.3 is 5.97 Å². The number of rotatable bonds is 10. The number of benzene rings is 1. The second-order valence-electron chi connectivity index (χ2n) is 4.47. The van der Waals surface area contributed by atoms with Crippen LogP contribution in [0.3, 0.4) is 0 Å².